The molecule has 0 saturated heterocycles. The van der Waals surface area contributed by atoms with Crippen LogP contribution in [0, 0.1) is 11.8 Å². The van der Waals surface area contributed by atoms with Crippen LogP contribution >= 0.6 is 0 Å². The Bertz CT molecular complexity index is 434. The monoisotopic (exact) mass is 397 g/mol. The van der Waals surface area contributed by atoms with Crippen LogP contribution in [0.3, 0.4) is 0 Å². The second-order valence-corrected chi connectivity index (χ2v) is 7.54. The maximum Gasteiger partial charge on any atom is 0.139 e. The van der Waals surface area contributed by atoms with Crippen LogP contribution in [-0.2, 0) is 4.79 Å². The molecule has 28 heavy (non-hydrogen) atoms. The summed E-state index contributed by atoms with van der Waals surface area (Å²) in [7, 11) is 0. The third-order valence-corrected chi connectivity index (χ3v) is 5.55. The molecule has 0 aromatic rings. The fourth-order valence-corrected chi connectivity index (χ4v) is 3.49. The van der Waals surface area contributed by atoms with Crippen molar-refractivity contribution in [2.75, 3.05) is 0 Å². The molecule has 0 saturated carbocycles. The minimum absolute atomic E-state index is 0.0274. The van der Waals surface area contributed by atoms with Gasteiger partial charge in [0.15, 0.2) is 0 Å². The van der Waals surface area contributed by atoms with E-state index in [0.29, 0.717) is 31.0 Å². The first-order chi connectivity index (χ1) is 13.4. The van der Waals surface area contributed by atoms with Crippen molar-refractivity contribution in [3.05, 3.63) is 11.4 Å². The highest BCUT2D eigenvalue weighted by molar-refractivity contribution is 5.79. The van der Waals surface area contributed by atoms with Crippen molar-refractivity contribution in [2.45, 2.75) is 126 Å². The summed E-state index contributed by atoms with van der Waals surface area (Å²) in [5, 5.41) is 0. The highest BCUT2D eigenvalue weighted by Gasteiger charge is 2.29. The molecule has 0 aliphatic carbocycles. The van der Waals surface area contributed by atoms with Crippen molar-refractivity contribution in [2.24, 2.45) is 16.8 Å². The number of ketones is 1. The molecule has 0 spiro atoms. The van der Waals surface area contributed by atoms with E-state index in [4.69, 9.17) is 0 Å². The number of hydrogen-bond acceptors (Lipinski definition) is 2. The van der Waals surface area contributed by atoms with Crippen molar-refractivity contribution in [1.29, 1.82) is 0 Å². The highest BCUT2D eigenvalue weighted by atomic mass is 19.1. The lowest BCUT2D eigenvalue weighted by Gasteiger charge is -2.31. The first-order valence-corrected chi connectivity index (χ1v) is 11.8. The average Bonchev–Trinajstić information content (AvgIpc) is 2.73. The second kappa shape index (κ2) is 19.3. The molecule has 0 amide bonds. The van der Waals surface area contributed by atoms with E-state index in [2.05, 4.69) is 25.8 Å². The normalized spacial score (nSPS) is 14.5. The van der Waals surface area contributed by atoms with Gasteiger partial charge in [-0.3, -0.25) is 9.79 Å². The summed E-state index contributed by atoms with van der Waals surface area (Å²) in [6.07, 6.45) is 11.1. The average molecular weight is 398 g/mol. The molecular formula is C25H48FNO. The number of carbonyl (C=O) groups excluding carboxylic acids is 1. The summed E-state index contributed by atoms with van der Waals surface area (Å²) in [5.41, 5.74) is 0.735. The van der Waals surface area contributed by atoms with E-state index in [9.17, 15) is 9.18 Å². The fraction of sp³-hybridized carbons (Fsp3) is 0.840. The van der Waals surface area contributed by atoms with E-state index >= 15 is 0 Å². The summed E-state index contributed by atoms with van der Waals surface area (Å²) in [4.78, 5) is 16.9. The maximum atomic E-state index is 14.2. The van der Waals surface area contributed by atoms with Crippen LogP contribution in [-0.4, -0.2) is 18.0 Å². The topological polar surface area (TPSA) is 29.4 Å². The molecule has 0 rings (SSSR count). The quantitative estimate of drug-likeness (QED) is 0.255. The van der Waals surface area contributed by atoms with Gasteiger partial charge in [0.2, 0.25) is 0 Å². The molecule has 2 atom stereocenters. The smallest absolute Gasteiger partial charge is 0.139 e. The summed E-state index contributed by atoms with van der Waals surface area (Å²) in [5.74, 6) is 0.830. The van der Waals surface area contributed by atoms with Gasteiger partial charge in [-0.05, 0) is 37.2 Å². The molecule has 0 aliphatic rings. The molecule has 2 unspecified atom stereocenters. The van der Waals surface area contributed by atoms with Gasteiger partial charge in [0.25, 0.3) is 0 Å². The van der Waals surface area contributed by atoms with Crippen molar-refractivity contribution in [1.82, 2.24) is 0 Å². The highest BCUT2D eigenvalue weighted by Crippen LogP contribution is 2.33. The minimum atomic E-state index is -0.217. The van der Waals surface area contributed by atoms with Crippen molar-refractivity contribution >= 4 is 12.0 Å². The third-order valence-electron chi connectivity index (χ3n) is 5.55. The number of halogens is 1. The SMILES string of the molecule is CC.CCCCC(CCCC)C(CC(=O)CC)C(CC)N=C/C(F)=C(\C)CC. The summed E-state index contributed by atoms with van der Waals surface area (Å²) < 4.78 is 14.2. The maximum absolute atomic E-state index is 14.2. The zero-order chi connectivity index (χ0) is 21.9. The van der Waals surface area contributed by atoms with E-state index in [0.717, 1.165) is 24.8 Å². The molecule has 0 aromatic heterocycles. The molecule has 0 N–H and O–H groups in total. The fourth-order valence-electron chi connectivity index (χ4n) is 3.49. The Labute approximate surface area is 175 Å². The number of carbonyl (C=O) groups is 1. The number of unbranched alkanes of at least 4 members (excludes halogenated alkanes) is 2. The zero-order valence-electron chi connectivity index (χ0n) is 20.1. The first kappa shape index (κ1) is 29.2. The predicted molar refractivity (Wildman–Crippen MR) is 124 cm³/mol. The van der Waals surface area contributed by atoms with Crippen molar-refractivity contribution in [3.63, 3.8) is 0 Å². The predicted octanol–water partition coefficient (Wildman–Crippen LogP) is 8.50. The van der Waals surface area contributed by atoms with Gasteiger partial charge in [-0.2, -0.15) is 0 Å². The summed E-state index contributed by atoms with van der Waals surface area (Å²) >= 11 is 0. The van der Waals surface area contributed by atoms with Gasteiger partial charge in [0.05, 0.1) is 12.3 Å². The number of aliphatic imine (C=N–C) groups is 1. The Kier molecular flexibility index (Phi) is 20.2. The van der Waals surface area contributed by atoms with E-state index < -0.39 is 0 Å². The molecule has 0 aliphatic heterocycles. The van der Waals surface area contributed by atoms with Crippen LogP contribution in [0.5, 0.6) is 0 Å². The van der Waals surface area contributed by atoms with Crippen LogP contribution < -0.4 is 0 Å². The molecule has 2 nitrogen and oxygen atoms in total. The van der Waals surface area contributed by atoms with Crippen LogP contribution in [0.2, 0.25) is 0 Å². The summed E-state index contributed by atoms with van der Waals surface area (Å²) in [6.45, 7) is 16.2. The molecule has 0 aromatic carbocycles. The van der Waals surface area contributed by atoms with Gasteiger partial charge in [-0.25, -0.2) is 4.39 Å². The van der Waals surface area contributed by atoms with Gasteiger partial charge in [0, 0.05) is 12.8 Å². The Morgan fingerprint density at radius 1 is 0.964 bits per heavy atom. The molecular weight excluding hydrogens is 349 g/mol. The van der Waals surface area contributed by atoms with Crippen molar-refractivity contribution < 1.29 is 9.18 Å². The molecule has 166 valence electrons. The largest absolute Gasteiger partial charge is 0.300 e. The molecule has 0 bridgehead atoms. The molecule has 0 fully saturated rings. The van der Waals surface area contributed by atoms with Crippen LogP contribution in [0.4, 0.5) is 4.39 Å². The van der Waals surface area contributed by atoms with Gasteiger partial charge in [-0.1, -0.05) is 87.0 Å². The van der Waals surface area contributed by atoms with Crippen molar-refractivity contribution in [3.8, 4) is 0 Å². The van der Waals surface area contributed by atoms with Crippen LogP contribution in [0.15, 0.2) is 16.4 Å². The number of Topliss-reactive ketones (excluding diaryl/α,β-unsaturated/α-hetero) is 1. The van der Waals surface area contributed by atoms with Gasteiger partial charge in [-0.15, -0.1) is 0 Å². The molecule has 0 radical (unpaired) electrons. The lowest BCUT2D eigenvalue weighted by Crippen LogP contribution is -2.29. The minimum Gasteiger partial charge on any atom is -0.300 e. The van der Waals surface area contributed by atoms with Gasteiger partial charge >= 0.3 is 0 Å². The number of allylic oxidation sites excluding steroid dienone is 2. The Hall–Kier alpha value is -0.990. The second-order valence-electron chi connectivity index (χ2n) is 7.54. The first-order valence-electron chi connectivity index (χ1n) is 11.8. The van der Waals surface area contributed by atoms with Gasteiger partial charge < -0.3 is 0 Å². The number of rotatable bonds is 15. The lowest BCUT2D eigenvalue weighted by atomic mass is 9.76. The Morgan fingerprint density at radius 3 is 1.89 bits per heavy atom. The lowest BCUT2D eigenvalue weighted by molar-refractivity contribution is -0.120. The van der Waals surface area contributed by atoms with Gasteiger partial charge in [0.1, 0.15) is 11.6 Å². The number of hydrogen-bond donors (Lipinski definition) is 0. The Balaban J connectivity index is 0. The molecule has 3 heteroatoms. The third kappa shape index (κ3) is 12.5. The number of nitrogens with zero attached hydrogens (tertiary/aromatic N) is 1. The van der Waals surface area contributed by atoms with E-state index in [1.54, 1.807) is 0 Å². The van der Waals surface area contributed by atoms with Crippen LogP contribution in [0.25, 0.3) is 0 Å². The molecule has 0 heterocycles. The van der Waals surface area contributed by atoms with Crippen LogP contribution in [0.1, 0.15) is 120 Å². The van der Waals surface area contributed by atoms with E-state index in [-0.39, 0.29) is 17.8 Å². The van der Waals surface area contributed by atoms with E-state index in [1.807, 2.05) is 34.6 Å². The summed E-state index contributed by atoms with van der Waals surface area (Å²) in [6, 6.07) is 0.0274. The Morgan fingerprint density at radius 2 is 1.50 bits per heavy atom. The van der Waals surface area contributed by atoms with E-state index in [1.165, 1.54) is 31.9 Å². The standard InChI is InChI=1S/C23H42FNO.C2H6/c1-7-12-14-19(15-13-8-2)21(16-20(26)10-4)23(11-5)25-17-22(24)18(6)9-3;1-2/h17,19,21,23H,7-16H2,1-6H3;1-2H3/b22-18-,25-17?;. The zero-order valence-corrected chi connectivity index (χ0v) is 20.1.